The molecule has 2 aromatic carbocycles. The number of amides is 2. The predicted octanol–water partition coefficient (Wildman–Crippen LogP) is 2.81. The van der Waals surface area contributed by atoms with Gasteiger partial charge in [-0.1, -0.05) is 18.2 Å². The third-order valence-electron chi connectivity index (χ3n) is 3.63. The molecule has 0 fully saturated rings. The normalized spacial score (nSPS) is 11.3. The number of carbonyl (C=O) groups is 2. The van der Waals surface area contributed by atoms with Gasteiger partial charge in [0, 0.05) is 24.7 Å². The SMILES string of the molecule is COc1ccc(C(CC(=O)Nc2cccc([N+](=O)[O-])c2)NC(C)=O)cc1. The van der Waals surface area contributed by atoms with E-state index in [1.54, 1.807) is 37.4 Å². The molecule has 0 saturated heterocycles. The van der Waals surface area contributed by atoms with Gasteiger partial charge >= 0.3 is 0 Å². The van der Waals surface area contributed by atoms with Gasteiger partial charge in [0.25, 0.3) is 5.69 Å². The summed E-state index contributed by atoms with van der Waals surface area (Å²) < 4.78 is 5.10. The minimum absolute atomic E-state index is 0.0192. The highest BCUT2D eigenvalue weighted by molar-refractivity contribution is 5.91. The van der Waals surface area contributed by atoms with Crippen molar-refractivity contribution in [3.05, 3.63) is 64.2 Å². The van der Waals surface area contributed by atoms with Crippen LogP contribution in [0, 0.1) is 10.1 Å². The molecule has 8 nitrogen and oxygen atoms in total. The number of nitrogens with zero attached hydrogens (tertiary/aromatic N) is 1. The van der Waals surface area contributed by atoms with Crippen LogP contribution in [0.4, 0.5) is 11.4 Å². The Morgan fingerprint density at radius 2 is 1.88 bits per heavy atom. The number of nitro benzene ring substituents is 1. The van der Waals surface area contributed by atoms with Crippen molar-refractivity contribution in [2.75, 3.05) is 12.4 Å². The van der Waals surface area contributed by atoms with E-state index in [4.69, 9.17) is 4.74 Å². The summed E-state index contributed by atoms with van der Waals surface area (Å²) in [5.41, 5.74) is 0.951. The van der Waals surface area contributed by atoms with Crippen LogP contribution in [0.5, 0.6) is 5.75 Å². The van der Waals surface area contributed by atoms with Crippen molar-refractivity contribution in [3.63, 3.8) is 0 Å². The Balaban J connectivity index is 2.11. The van der Waals surface area contributed by atoms with Crippen molar-refractivity contribution in [2.24, 2.45) is 0 Å². The maximum atomic E-state index is 12.3. The molecule has 26 heavy (non-hydrogen) atoms. The van der Waals surface area contributed by atoms with Crippen molar-refractivity contribution >= 4 is 23.2 Å². The van der Waals surface area contributed by atoms with Crippen LogP contribution < -0.4 is 15.4 Å². The number of anilines is 1. The van der Waals surface area contributed by atoms with Crippen LogP contribution in [-0.2, 0) is 9.59 Å². The maximum absolute atomic E-state index is 12.3. The lowest BCUT2D eigenvalue weighted by atomic mass is 10.0. The second-order valence-electron chi connectivity index (χ2n) is 5.59. The van der Waals surface area contributed by atoms with E-state index in [2.05, 4.69) is 10.6 Å². The van der Waals surface area contributed by atoms with E-state index < -0.39 is 11.0 Å². The van der Waals surface area contributed by atoms with E-state index in [1.165, 1.54) is 25.1 Å². The fourth-order valence-corrected chi connectivity index (χ4v) is 2.43. The van der Waals surface area contributed by atoms with Gasteiger partial charge in [0.05, 0.1) is 24.5 Å². The predicted molar refractivity (Wildman–Crippen MR) is 95.9 cm³/mol. The zero-order chi connectivity index (χ0) is 19.1. The van der Waals surface area contributed by atoms with Crippen LogP contribution in [0.25, 0.3) is 0 Å². The Bertz CT molecular complexity index is 805. The van der Waals surface area contributed by atoms with Crippen molar-refractivity contribution in [3.8, 4) is 5.75 Å². The molecule has 0 spiro atoms. The number of nitro groups is 1. The summed E-state index contributed by atoms with van der Waals surface area (Å²) in [6.07, 6.45) is -0.0192. The molecule has 1 unspecified atom stereocenters. The highest BCUT2D eigenvalue weighted by Crippen LogP contribution is 2.22. The van der Waals surface area contributed by atoms with E-state index in [0.717, 1.165) is 5.56 Å². The van der Waals surface area contributed by atoms with Crippen molar-refractivity contribution in [1.82, 2.24) is 5.32 Å². The van der Waals surface area contributed by atoms with Crippen LogP contribution in [0.2, 0.25) is 0 Å². The average molecular weight is 357 g/mol. The molecule has 0 saturated carbocycles. The third kappa shape index (κ3) is 5.30. The topological polar surface area (TPSA) is 111 Å². The van der Waals surface area contributed by atoms with Gasteiger partial charge in [-0.15, -0.1) is 0 Å². The first-order valence-corrected chi connectivity index (χ1v) is 7.84. The fourth-order valence-electron chi connectivity index (χ4n) is 2.43. The molecule has 2 rings (SSSR count). The molecule has 0 aliphatic rings. The molecule has 0 heterocycles. The molecule has 0 aliphatic carbocycles. The second kappa shape index (κ2) is 8.61. The molecule has 0 aromatic heterocycles. The highest BCUT2D eigenvalue weighted by atomic mass is 16.6. The zero-order valence-electron chi connectivity index (χ0n) is 14.4. The summed E-state index contributed by atoms with van der Waals surface area (Å²) in [5, 5.41) is 16.2. The van der Waals surface area contributed by atoms with Gasteiger partial charge in [-0.2, -0.15) is 0 Å². The quantitative estimate of drug-likeness (QED) is 0.585. The van der Waals surface area contributed by atoms with Crippen LogP contribution in [0.1, 0.15) is 24.9 Å². The first-order valence-electron chi connectivity index (χ1n) is 7.84. The minimum Gasteiger partial charge on any atom is -0.497 e. The van der Waals surface area contributed by atoms with Crippen molar-refractivity contribution in [2.45, 2.75) is 19.4 Å². The maximum Gasteiger partial charge on any atom is 0.271 e. The van der Waals surface area contributed by atoms with Crippen LogP contribution in [-0.4, -0.2) is 23.8 Å². The molecule has 0 aliphatic heterocycles. The number of hydrogen-bond acceptors (Lipinski definition) is 5. The number of nitrogens with one attached hydrogen (secondary N) is 2. The van der Waals surface area contributed by atoms with Gasteiger partial charge in [0.1, 0.15) is 5.75 Å². The molecular formula is C18H19N3O5. The number of ether oxygens (including phenoxy) is 1. The molecule has 1 atom stereocenters. The van der Waals surface area contributed by atoms with Gasteiger partial charge in [0.2, 0.25) is 11.8 Å². The van der Waals surface area contributed by atoms with E-state index >= 15 is 0 Å². The third-order valence-corrected chi connectivity index (χ3v) is 3.63. The number of benzene rings is 2. The number of non-ortho nitro benzene ring substituents is 1. The molecule has 2 aromatic rings. The van der Waals surface area contributed by atoms with Crippen LogP contribution in [0.3, 0.4) is 0 Å². The van der Waals surface area contributed by atoms with Gasteiger partial charge in [-0.25, -0.2) is 0 Å². The number of rotatable bonds is 7. The molecule has 2 N–H and O–H groups in total. The number of methoxy groups -OCH3 is 1. The van der Waals surface area contributed by atoms with Crippen molar-refractivity contribution < 1.29 is 19.2 Å². The smallest absolute Gasteiger partial charge is 0.271 e. The van der Waals surface area contributed by atoms with Crippen LogP contribution in [0.15, 0.2) is 48.5 Å². The van der Waals surface area contributed by atoms with E-state index in [0.29, 0.717) is 11.4 Å². The molecule has 2 amide bonds. The first-order chi connectivity index (χ1) is 12.4. The lowest BCUT2D eigenvalue weighted by Crippen LogP contribution is -2.29. The standard InChI is InChI=1S/C18H19N3O5/c1-12(22)19-17(13-6-8-16(26-2)9-7-13)11-18(23)20-14-4-3-5-15(10-14)21(24)25/h3-10,17H,11H2,1-2H3,(H,19,22)(H,20,23). The highest BCUT2D eigenvalue weighted by Gasteiger charge is 2.18. The lowest BCUT2D eigenvalue weighted by Gasteiger charge is -2.18. The summed E-state index contributed by atoms with van der Waals surface area (Å²) in [6.45, 7) is 1.37. The summed E-state index contributed by atoms with van der Waals surface area (Å²) >= 11 is 0. The van der Waals surface area contributed by atoms with E-state index in [-0.39, 0.29) is 23.9 Å². The van der Waals surface area contributed by atoms with Gasteiger partial charge in [-0.05, 0) is 23.8 Å². The Morgan fingerprint density at radius 3 is 2.46 bits per heavy atom. The Hall–Kier alpha value is -3.42. The Kier molecular flexibility index (Phi) is 6.26. The summed E-state index contributed by atoms with van der Waals surface area (Å²) in [6, 6.07) is 12.1. The first kappa shape index (κ1) is 18.9. The monoisotopic (exact) mass is 357 g/mol. The van der Waals surface area contributed by atoms with E-state index in [1.807, 2.05) is 0 Å². The van der Waals surface area contributed by atoms with Crippen molar-refractivity contribution in [1.29, 1.82) is 0 Å². The number of hydrogen-bond donors (Lipinski definition) is 2. The lowest BCUT2D eigenvalue weighted by molar-refractivity contribution is -0.384. The molecule has 8 heteroatoms. The summed E-state index contributed by atoms with van der Waals surface area (Å²) in [5.74, 6) is 0.0189. The largest absolute Gasteiger partial charge is 0.497 e. The second-order valence-corrected chi connectivity index (χ2v) is 5.59. The molecular weight excluding hydrogens is 338 g/mol. The molecule has 0 bridgehead atoms. The average Bonchev–Trinajstić information content (AvgIpc) is 2.61. The zero-order valence-corrected chi connectivity index (χ0v) is 14.4. The number of carbonyl (C=O) groups excluding carboxylic acids is 2. The fraction of sp³-hybridized carbons (Fsp3) is 0.222. The van der Waals surface area contributed by atoms with E-state index in [9.17, 15) is 19.7 Å². The van der Waals surface area contributed by atoms with Crippen LogP contribution >= 0.6 is 0 Å². The molecule has 136 valence electrons. The van der Waals surface area contributed by atoms with Gasteiger partial charge < -0.3 is 15.4 Å². The summed E-state index contributed by atoms with van der Waals surface area (Å²) in [7, 11) is 1.55. The van der Waals surface area contributed by atoms with Gasteiger partial charge in [0.15, 0.2) is 0 Å². The van der Waals surface area contributed by atoms with Gasteiger partial charge in [-0.3, -0.25) is 19.7 Å². The minimum atomic E-state index is -0.535. The summed E-state index contributed by atoms with van der Waals surface area (Å²) in [4.78, 5) is 34.1. The Labute approximate surface area is 150 Å². The molecule has 0 radical (unpaired) electrons. The Morgan fingerprint density at radius 1 is 1.19 bits per heavy atom.